The van der Waals surface area contributed by atoms with E-state index >= 15 is 0 Å². The van der Waals surface area contributed by atoms with Gasteiger partial charge < -0.3 is 0 Å². The number of rotatable bonds is 3. The Morgan fingerprint density at radius 1 is 1.50 bits per heavy atom. The SMILES string of the molecule is N#CCC(=O)N/N=C/c1cccc(C(F)(F)F)c1. The van der Waals surface area contributed by atoms with Gasteiger partial charge in [0.2, 0.25) is 0 Å². The number of carbonyl (C=O) groups excluding carboxylic acids is 1. The fourth-order valence-corrected chi connectivity index (χ4v) is 1.09. The number of hydrazone groups is 1. The fraction of sp³-hybridized carbons (Fsp3) is 0.182. The van der Waals surface area contributed by atoms with Crippen molar-refractivity contribution in [3.63, 3.8) is 0 Å². The van der Waals surface area contributed by atoms with Crippen LogP contribution in [0.3, 0.4) is 0 Å². The van der Waals surface area contributed by atoms with Gasteiger partial charge in [0.15, 0.2) is 0 Å². The zero-order chi connectivity index (χ0) is 13.6. The van der Waals surface area contributed by atoms with E-state index in [1.807, 2.05) is 5.43 Å². The third-order valence-corrected chi connectivity index (χ3v) is 1.86. The lowest BCUT2D eigenvalue weighted by Gasteiger charge is -2.06. The number of benzene rings is 1. The van der Waals surface area contributed by atoms with E-state index in [1.54, 1.807) is 6.07 Å². The molecule has 0 bridgehead atoms. The fourth-order valence-electron chi connectivity index (χ4n) is 1.09. The molecule has 1 aromatic carbocycles. The molecule has 1 rings (SSSR count). The maximum Gasteiger partial charge on any atom is 0.416 e. The molecule has 0 aliphatic rings. The van der Waals surface area contributed by atoms with Crippen molar-refractivity contribution in [1.82, 2.24) is 5.43 Å². The zero-order valence-electron chi connectivity index (χ0n) is 9.03. The van der Waals surface area contributed by atoms with Crippen molar-refractivity contribution in [2.75, 3.05) is 0 Å². The van der Waals surface area contributed by atoms with Crippen molar-refractivity contribution < 1.29 is 18.0 Å². The third-order valence-electron chi connectivity index (χ3n) is 1.86. The summed E-state index contributed by atoms with van der Waals surface area (Å²) >= 11 is 0. The highest BCUT2D eigenvalue weighted by Crippen LogP contribution is 2.29. The van der Waals surface area contributed by atoms with E-state index in [2.05, 4.69) is 5.10 Å². The van der Waals surface area contributed by atoms with Gasteiger partial charge in [0.05, 0.1) is 17.8 Å². The summed E-state index contributed by atoms with van der Waals surface area (Å²) in [5.74, 6) is -0.624. The van der Waals surface area contributed by atoms with Gasteiger partial charge in [0, 0.05) is 0 Å². The topological polar surface area (TPSA) is 65.2 Å². The zero-order valence-corrected chi connectivity index (χ0v) is 9.03. The van der Waals surface area contributed by atoms with E-state index in [0.29, 0.717) is 0 Å². The molecule has 1 amide bonds. The van der Waals surface area contributed by atoms with Gasteiger partial charge in [-0.25, -0.2) is 5.43 Å². The smallest absolute Gasteiger partial charge is 0.272 e. The number of alkyl halides is 3. The molecule has 0 aromatic heterocycles. The van der Waals surface area contributed by atoms with Crippen LogP contribution in [0, 0.1) is 11.3 Å². The number of hydrogen-bond donors (Lipinski definition) is 1. The minimum atomic E-state index is -4.42. The first-order valence-corrected chi connectivity index (χ1v) is 4.79. The van der Waals surface area contributed by atoms with Gasteiger partial charge in [0.1, 0.15) is 6.42 Å². The molecule has 0 radical (unpaired) electrons. The Labute approximate surface area is 101 Å². The number of nitrogens with one attached hydrogen (secondary N) is 1. The standard InChI is InChI=1S/C11H8F3N3O/c12-11(13,14)9-3-1-2-8(6-9)7-16-17-10(18)4-5-15/h1-3,6-7H,4H2,(H,17,18)/b16-7+. The first-order chi connectivity index (χ1) is 8.43. The van der Waals surface area contributed by atoms with Crippen LogP contribution in [-0.2, 0) is 11.0 Å². The maximum atomic E-state index is 12.4. The van der Waals surface area contributed by atoms with E-state index in [4.69, 9.17) is 5.26 Å². The Hall–Kier alpha value is -2.36. The van der Waals surface area contributed by atoms with Gasteiger partial charge in [-0.2, -0.15) is 23.5 Å². The summed E-state index contributed by atoms with van der Waals surface area (Å²) in [6.07, 6.45) is -3.71. The molecular formula is C11H8F3N3O. The molecule has 0 spiro atoms. The van der Waals surface area contributed by atoms with E-state index < -0.39 is 17.6 Å². The van der Waals surface area contributed by atoms with Crippen LogP contribution in [-0.4, -0.2) is 12.1 Å². The predicted octanol–water partition coefficient (Wildman–Crippen LogP) is 2.07. The Bertz CT molecular complexity index is 503. The molecule has 0 unspecified atom stereocenters. The molecule has 0 saturated heterocycles. The summed E-state index contributed by atoms with van der Waals surface area (Å²) in [4.78, 5) is 10.8. The van der Waals surface area contributed by atoms with Crippen molar-refractivity contribution in [3.8, 4) is 6.07 Å². The lowest BCUT2D eigenvalue weighted by molar-refractivity contribution is -0.137. The number of hydrogen-bond acceptors (Lipinski definition) is 3. The minimum absolute atomic E-state index is 0.196. The van der Waals surface area contributed by atoms with Gasteiger partial charge in [0.25, 0.3) is 5.91 Å². The monoisotopic (exact) mass is 255 g/mol. The summed E-state index contributed by atoms with van der Waals surface area (Å²) in [5, 5.41) is 11.6. The average Bonchev–Trinajstić information content (AvgIpc) is 2.29. The Morgan fingerprint density at radius 2 is 2.22 bits per heavy atom. The number of nitriles is 1. The van der Waals surface area contributed by atoms with Crippen LogP contribution in [0.25, 0.3) is 0 Å². The van der Waals surface area contributed by atoms with Crippen molar-refractivity contribution in [2.45, 2.75) is 12.6 Å². The second-order valence-corrected chi connectivity index (χ2v) is 3.25. The normalized spacial score (nSPS) is 11.2. The molecule has 1 aromatic rings. The highest BCUT2D eigenvalue weighted by Gasteiger charge is 2.30. The van der Waals surface area contributed by atoms with Gasteiger partial charge in [-0.3, -0.25) is 4.79 Å². The number of amides is 1. The van der Waals surface area contributed by atoms with Crippen LogP contribution < -0.4 is 5.43 Å². The van der Waals surface area contributed by atoms with E-state index in [0.717, 1.165) is 18.3 Å². The Morgan fingerprint density at radius 3 is 2.83 bits per heavy atom. The van der Waals surface area contributed by atoms with Crippen molar-refractivity contribution in [3.05, 3.63) is 35.4 Å². The van der Waals surface area contributed by atoms with E-state index in [-0.39, 0.29) is 12.0 Å². The second-order valence-electron chi connectivity index (χ2n) is 3.25. The maximum absolute atomic E-state index is 12.4. The van der Waals surface area contributed by atoms with Gasteiger partial charge in [-0.1, -0.05) is 12.1 Å². The van der Waals surface area contributed by atoms with Crippen LogP contribution in [0.2, 0.25) is 0 Å². The van der Waals surface area contributed by atoms with Crippen LogP contribution >= 0.6 is 0 Å². The number of carbonyl (C=O) groups is 1. The molecule has 0 aliphatic carbocycles. The van der Waals surface area contributed by atoms with Gasteiger partial charge in [-0.05, 0) is 17.7 Å². The Kier molecular flexibility index (Phi) is 4.43. The summed E-state index contributed by atoms with van der Waals surface area (Å²) in [5.41, 5.74) is 1.42. The summed E-state index contributed by atoms with van der Waals surface area (Å²) in [7, 11) is 0. The van der Waals surface area contributed by atoms with Gasteiger partial charge in [-0.15, -0.1) is 0 Å². The third kappa shape index (κ3) is 4.25. The molecule has 18 heavy (non-hydrogen) atoms. The van der Waals surface area contributed by atoms with E-state index in [1.165, 1.54) is 12.1 Å². The lowest BCUT2D eigenvalue weighted by atomic mass is 10.1. The minimum Gasteiger partial charge on any atom is -0.272 e. The molecule has 7 heteroatoms. The van der Waals surface area contributed by atoms with E-state index in [9.17, 15) is 18.0 Å². The molecule has 0 saturated carbocycles. The quantitative estimate of drug-likeness (QED) is 0.663. The van der Waals surface area contributed by atoms with Crippen LogP contribution in [0.1, 0.15) is 17.5 Å². The largest absolute Gasteiger partial charge is 0.416 e. The molecule has 1 N–H and O–H groups in total. The predicted molar refractivity (Wildman–Crippen MR) is 57.4 cm³/mol. The number of halogens is 3. The van der Waals surface area contributed by atoms with Crippen LogP contribution in [0.5, 0.6) is 0 Å². The van der Waals surface area contributed by atoms with Gasteiger partial charge >= 0.3 is 6.18 Å². The first-order valence-electron chi connectivity index (χ1n) is 4.79. The van der Waals surface area contributed by atoms with Crippen LogP contribution in [0.15, 0.2) is 29.4 Å². The molecule has 4 nitrogen and oxygen atoms in total. The summed E-state index contributed by atoms with van der Waals surface area (Å²) in [6, 6.07) is 6.10. The van der Waals surface area contributed by atoms with Crippen molar-refractivity contribution in [1.29, 1.82) is 5.26 Å². The Balaban J connectivity index is 2.72. The highest BCUT2D eigenvalue weighted by molar-refractivity contribution is 5.83. The molecule has 0 fully saturated rings. The average molecular weight is 255 g/mol. The number of nitrogens with zero attached hydrogens (tertiary/aromatic N) is 2. The molecule has 94 valence electrons. The summed E-state index contributed by atoms with van der Waals surface area (Å²) < 4.78 is 37.1. The molecule has 0 aliphatic heterocycles. The first kappa shape index (κ1) is 13.7. The summed E-state index contributed by atoms with van der Waals surface area (Å²) in [6.45, 7) is 0. The van der Waals surface area contributed by atoms with Crippen LogP contribution in [0.4, 0.5) is 13.2 Å². The lowest BCUT2D eigenvalue weighted by Crippen LogP contribution is -2.16. The highest BCUT2D eigenvalue weighted by atomic mass is 19.4. The van der Waals surface area contributed by atoms with Crippen molar-refractivity contribution in [2.24, 2.45) is 5.10 Å². The second kappa shape index (κ2) is 5.82. The molecule has 0 atom stereocenters. The molecular weight excluding hydrogens is 247 g/mol. The molecule has 0 heterocycles. The van der Waals surface area contributed by atoms with Crippen molar-refractivity contribution >= 4 is 12.1 Å².